The van der Waals surface area contributed by atoms with Gasteiger partial charge in [-0.3, -0.25) is 4.98 Å². The number of hydrogen-bond acceptors (Lipinski definition) is 2. The third-order valence-electron chi connectivity index (χ3n) is 1.17. The molecule has 0 saturated heterocycles. The molecule has 0 aliphatic rings. The number of pyridine rings is 1. The first-order valence-electron chi connectivity index (χ1n) is 2.93. The minimum Gasteiger partial charge on any atom is -0.326 e. The Morgan fingerprint density at radius 1 is 1.50 bits per heavy atom. The van der Waals surface area contributed by atoms with Crippen molar-refractivity contribution in [3.05, 3.63) is 29.6 Å². The van der Waals surface area contributed by atoms with E-state index < -0.39 is 0 Å². The number of aromatic nitrogens is 1. The fraction of sp³-hybridized carbons (Fsp3) is 0.286. The Morgan fingerprint density at radius 3 is 2.60 bits per heavy atom. The molecule has 0 spiro atoms. The third kappa shape index (κ3) is 2.33. The smallest absolute Gasteiger partial charge is 0.0312 e. The molecule has 0 bridgehead atoms. The van der Waals surface area contributed by atoms with Crippen LogP contribution in [0.3, 0.4) is 0 Å². The van der Waals surface area contributed by atoms with Crippen LogP contribution in [0, 0.1) is 6.92 Å². The lowest BCUT2D eigenvalue weighted by Gasteiger charge is -1.94. The zero-order valence-corrected chi connectivity index (χ0v) is 6.69. The van der Waals surface area contributed by atoms with Crippen LogP contribution in [0.1, 0.15) is 11.1 Å². The molecule has 0 amide bonds. The fourth-order valence-electron chi connectivity index (χ4n) is 0.729. The normalized spacial score (nSPS) is 8.60. The quantitative estimate of drug-likeness (QED) is 0.669. The highest BCUT2D eigenvalue weighted by Gasteiger charge is 1.87. The number of halogens is 1. The maximum Gasteiger partial charge on any atom is 0.0312 e. The van der Waals surface area contributed by atoms with Crippen LogP contribution in [0.15, 0.2) is 18.5 Å². The molecule has 1 rings (SSSR count). The zero-order valence-electron chi connectivity index (χ0n) is 5.87. The minimum atomic E-state index is 0. The van der Waals surface area contributed by atoms with Crippen molar-refractivity contribution in [1.82, 2.24) is 4.98 Å². The van der Waals surface area contributed by atoms with Gasteiger partial charge in [0.25, 0.3) is 0 Å². The number of nitrogens with zero attached hydrogens (tertiary/aromatic N) is 1. The molecule has 1 aromatic rings. The summed E-state index contributed by atoms with van der Waals surface area (Å²) in [6.07, 6.45) is 3.60. The average Bonchev–Trinajstić information content (AvgIpc) is 1.88. The van der Waals surface area contributed by atoms with Gasteiger partial charge >= 0.3 is 0 Å². The van der Waals surface area contributed by atoms with E-state index in [1.165, 1.54) is 0 Å². The maximum atomic E-state index is 5.38. The van der Waals surface area contributed by atoms with E-state index in [1.54, 1.807) is 6.20 Å². The van der Waals surface area contributed by atoms with Gasteiger partial charge in [0, 0.05) is 18.9 Å². The molecule has 0 aliphatic heterocycles. The second kappa shape index (κ2) is 4.25. The Kier molecular flexibility index (Phi) is 4.00. The maximum absolute atomic E-state index is 5.38. The lowest BCUT2D eigenvalue weighted by Crippen LogP contribution is -1.96. The van der Waals surface area contributed by atoms with E-state index >= 15 is 0 Å². The Balaban J connectivity index is 0.000000810. The van der Waals surface area contributed by atoms with E-state index in [-0.39, 0.29) is 12.4 Å². The summed E-state index contributed by atoms with van der Waals surface area (Å²) in [5.74, 6) is 0. The first-order valence-corrected chi connectivity index (χ1v) is 2.93. The van der Waals surface area contributed by atoms with Crippen molar-refractivity contribution < 1.29 is 0 Å². The summed E-state index contributed by atoms with van der Waals surface area (Å²) in [6, 6.07) is 2.03. The topological polar surface area (TPSA) is 38.9 Å². The van der Waals surface area contributed by atoms with E-state index in [0.29, 0.717) is 6.54 Å². The number of hydrogen-bond donors (Lipinski definition) is 1. The average molecular weight is 159 g/mol. The van der Waals surface area contributed by atoms with Crippen LogP contribution in [0.5, 0.6) is 0 Å². The van der Waals surface area contributed by atoms with Gasteiger partial charge in [-0.05, 0) is 18.1 Å². The highest BCUT2D eigenvalue weighted by Crippen LogP contribution is 1.98. The summed E-state index contributed by atoms with van der Waals surface area (Å²) in [6.45, 7) is 2.58. The van der Waals surface area contributed by atoms with Gasteiger partial charge in [0.1, 0.15) is 0 Å². The summed E-state index contributed by atoms with van der Waals surface area (Å²) < 4.78 is 0. The molecule has 3 heteroatoms. The highest BCUT2D eigenvalue weighted by molar-refractivity contribution is 5.85. The fourth-order valence-corrected chi connectivity index (χ4v) is 0.729. The Hall–Kier alpha value is -0.600. The van der Waals surface area contributed by atoms with Crippen LogP contribution in [0.25, 0.3) is 0 Å². The van der Waals surface area contributed by atoms with Crippen LogP contribution in [0.4, 0.5) is 0 Å². The van der Waals surface area contributed by atoms with Gasteiger partial charge in [-0.15, -0.1) is 12.4 Å². The first-order chi connectivity index (χ1) is 4.33. The Labute approximate surface area is 66.9 Å². The Bertz CT molecular complexity index is 201. The van der Waals surface area contributed by atoms with E-state index in [0.717, 1.165) is 11.1 Å². The number of nitrogens with two attached hydrogens (primary N) is 1. The van der Waals surface area contributed by atoms with Crippen molar-refractivity contribution in [3.8, 4) is 0 Å². The van der Waals surface area contributed by atoms with Gasteiger partial charge in [0.15, 0.2) is 0 Å². The Morgan fingerprint density at radius 2 is 2.20 bits per heavy atom. The summed E-state index contributed by atoms with van der Waals surface area (Å²) >= 11 is 0. The lowest BCUT2D eigenvalue weighted by molar-refractivity contribution is 1.04. The lowest BCUT2D eigenvalue weighted by atomic mass is 10.2. The molecule has 1 heterocycles. The first kappa shape index (κ1) is 9.40. The van der Waals surface area contributed by atoms with Crippen LogP contribution >= 0.6 is 12.4 Å². The van der Waals surface area contributed by atoms with Crippen molar-refractivity contribution in [2.45, 2.75) is 13.5 Å². The van der Waals surface area contributed by atoms with Gasteiger partial charge in [-0.1, -0.05) is 6.07 Å². The number of rotatable bonds is 1. The molecule has 1 aromatic heterocycles. The molecule has 10 heavy (non-hydrogen) atoms. The van der Waals surface area contributed by atoms with Crippen molar-refractivity contribution in [2.75, 3.05) is 0 Å². The van der Waals surface area contributed by atoms with E-state index in [1.807, 2.05) is 19.2 Å². The second-order valence-corrected chi connectivity index (χ2v) is 2.07. The standard InChI is InChI=1S/C7H10N2.ClH/c1-6-2-7(3-8)5-9-4-6;/h2,4-5H,3,8H2,1H3;1H. The largest absolute Gasteiger partial charge is 0.326 e. The van der Waals surface area contributed by atoms with E-state index in [2.05, 4.69) is 4.98 Å². The molecule has 0 saturated carbocycles. The summed E-state index contributed by atoms with van der Waals surface area (Å²) in [4.78, 5) is 3.98. The summed E-state index contributed by atoms with van der Waals surface area (Å²) in [5.41, 5.74) is 7.64. The van der Waals surface area contributed by atoms with E-state index in [9.17, 15) is 0 Å². The van der Waals surface area contributed by atoms with Crippen LogP contribution in [-0.2, 0) is 6.54 Å². The van der Waals surface area contributed by atoms with Gasteiger partial charge < -0.3 is 5.73 Å². The second-order valence-electron chi connectivity index (χ2n) is 2.07. The molecule has 0 unspecified atom stereocenters. The van der Waals surface area contributed by atoms with Gasteiger partial charge in [0.2, 0.25) is 0 Å². The highest BCUT2D eigenvalue weighted by atomic mass is 35.5. The monoisotopic (exact) mass is 158 g/mol. The zero-order chi connectivity index (χ0) is 6.69. The van der Waals surface area contributed by atoms with Crippen LogP contribution in [0.2, 0.25) is 0 Å². The van der Waals surface area contributed by atoms with Gasteiger partial charge in [-0.2, -0.15) is 0 Å². The molecule has 0 atom stereocenters. The molecule has 0 aliphatic carbocycles. The molecular weight excluding hydrogens is 148 g/mol. The van der Waals surface area contributed by atoms with E-state index in [4.69, 9.17) is 5.73 Å². The molecule has 0 aromatic carbocycles. The molecule has 2 nitrogen and oxygen atoms in total. The van der Waals surface area contributed by atoms with Crippen molar-refractivity contribution >= 4 is 12.4 Å². The van der Waals surface area contributed by atoms with Crippen molar-refractivity contribution in [2.24, 2.45) is 5.73 Å². The predicted octanol–water partition coefficient (Wildman–Crippen LogP) is 1.27. The van der Waals surface area contributed by atoms with Gasteiger partial charge in [0.05, 0.1) is 0 Å². The SMILES string of the molecule is Cc1cncc(CN)c1.Cl. The molecule has 0 fully saturated rings. The van der Waals surface area contributed by atoms with Gasteiger partial charge in [-0.25, -0.2) is 0 Å². The summed E-state index contributed by atoms with van der Waals surface area (Å²) in [5, 5.41) is 0. The minimum absolute atomic E-state index is 0. The molecule has 2 N–H and O–H groups in total. The predicted molar refractivity (Wildman–Crippen MR) is 44.1 cm³/mol. The number of aryl methyl sites for hydroxylation is 1. The van der Waals surface area contributed by atoms with Crippen molar-refractivity contribution in [1.29, 1.82) is 0 Å². The molecule has 56 valence electrons. The molecular formula is C7H11ClN2. The molecule has 0 radical (unpaired) electrons. The summed E-state index contributed by atoms with van der Waals surface area (Å²) in [7, 11) is 0. The van der Waals surface area contributed by atoms with Crippen LogP contribution in [-0.4, -0.2) is 4.98 Å². The third-order valence-corrected chi connectivity index (χ3v) is 1.17. The van der Waals surface area contributed by atoms with Crippen molar-refractivity contribution in [3.63, 3.8) is 0 Å². The van der Waals surface area contributed by atoms with Crippen LogP contribution < -0.4 is 5.73 Å².